The van der Waals surface area contributed by atoms with Gasteiger partial charge in [-0.05, 0) is 90.0 Å². The lowest BCUT2D eigenvalue weighted by Crippen LogP contribution is -2.45. The summed E-state index contributed by atoms with van der Waals surface area (Å²) in [6, 6.07) is -0.186. The first-order valence-corrected chi connectivity index (χ1v) is 26.6. The third kappa shape index (κ3) is 30.5. The molecule has 6 nitrogen and oxygen atoms in total. The summed E-state index contributed by atoms with van der Waals surface area (Å²) in [6.07, 6.45) is 41.4. The van der Waals surface area contributed by atoms with Crippen LogP contribution in [-0.4, -0.2) is 59.7 Å². The van der Waals surface area contributed by atoms with E-state index < -0.39 is 0 Å². The van der Waals surface area contributed by atoms with Crippen molar-refractivity contribution >= 4 is 29.1 Å². The van der Waals surface area contributed by atoms with Crippen molar-refractivity contribution in [3.63, 3.8) is 0 Å². The maximum atomic E-state index is 14.4. The second-order valence-corrected chi connectivity index (χ2v) is 19.2. The smallest absolute Gasteiger partial charge is 0.323 e. The number of esters is 2. The molecule has 1 fully saturated rings. The highest BCUT2D eigenvalue weighted by Crippen LogP contribution is 2.45. The second kappa shape index (κ2) is 38.5. The average molecular weight is 849 g/mol. The van der Waals surface area contributed by atoms with Crippen molar-refractivity contribution in [3.05, 3.63) is 0 Å². The van der Waals surface area contributed by atoms with E-state index in [4.69, 9.17) is 21.7 Å². The number of rotatable bonds is 44. The summed E-state index contributed by atoms with van der Waals surface area (Å²) in [5, 5.41) is 3.57. The molecule has 0 amide bonds. The SMILES string of the molecule is CCCCCCCCC(CC)OC(=O)CCCCCCCN(CCCNC(=S)C1(C)CC1)C(CCCCCC)C(=O)OC(CCCCCCCC)CCCCCCCC. The Morgan fingerprint density at radius 1 is 0.542 bits per heavy atom. The summed E-state index contributed by atoms with van der Waals surface area (Å²) in [6.45, 7) is 16.1. The van der Waals surface area contributed by atoms with Crippen LogP contribution in [0.5, 0.6) is 0 Å². The fourth-order valence-electron chi connectivity index (χ4n) is 8.42. The van der Waals surface area contributed by atoms with Crippen LogP contribution in [0.3, 0.4) is 0 Å². The summed E-state index contributed by atoms with van der Waals surface area (Å²) < 4.78 is 12.5. The highest BCUT2D eigenvalue weighted by atomic mass is 32.1. The summed E-state index contributed by atoms with van der Waals surface area (Å²) >= 11 is 5.75. The summed E-state index contributed by atoms with van der Waals surface area (Å²) in [7, 11) is 0. The van der Waals surface area contributed by atoms with E-state index in [1.807, 2.05) is 0 Å². The van der Waals surface area contributed by atoms with Gasteiger partial charge in [0.2, 0.25) is 0 Å². The number of hydrogen-bond acceptors (Lipinski definition) is 6. The Bertz CT molecular complexity index is 987. The quantitative estimate of drug-likeness (QED) is 0.0372. The first kappa shape index (κ1) is 55.8. The van der Waals surface area contributed by atoms with E-state index in [2.05, 4.69) is 51.8 Å². The minimum absolute atomic E-state index is 0.0199. The molecule has 1 rings (SSSR count). The van der Waals surface area contributed by atoms with Gasteiger partial charge in [-0.3, -0.25) is 14.5 Å². The predicted octanol–water partition coefficient (Wildman–Crippen LogP) is 15.6. The molecule has 0 saturated heterocycles. The van der Waals surface area contributed by atoms with Crippen molar-refractivity contribution in [3.8, 4) is 0 Å². The molecule has 0 aromatic carbocycles. The third-order valence-corrected chi connectivity index (χ3v) is 13.6. The van der Waals surface area contributed by atoms with Crippen LogP contribution in [0.1, 0.15) is 273 Å². The molecule has 1 N–H and O–H groups in total. The van der Waals surface area contributed by atoms with E-state index >= 15 is 0 Å². The zero-order valence-electron chi connectivity index (χ0n) is 40.3. The minimum atomic E-state index is -0.186. The summed E-state index contributed by atoms with van der Waals surface area (Å²) in [5.41, 5.74) is 0.198. The Labute approximate surface area is 373 Å². The van der Waals surface area contributed by atoms with Gasteiger partial charge in [0.05, 0.1) is 4.99 Å². The Hall–Kier alpha value is -1.21. The molecule has 0 radical (unpaired) electrons. The van der Waals surface area contributed by atoms with E-state index in [-0.39, 0.29) is 35.6 Å². The number of ether oxygens (including phenoxy) is 2. The van der Waals surface area contributed by atoms with Gasteiger partial charge in [0.1, 0.15) is 18.2 Å². The van der Waals surface area contributed by atoms with Gasteiger partial charge in [0.25, 0.3) is 0 Å². The molecule has 59 heavy (non-hydrogen) atoms. The standard InChI is InChI=1S/C52H100N2O4S/c1-7-12-16-20-24-29-36-46(11-5)57-49(55)40-33-27-23-28-34-44-54(45-35-43-53-51(59)52(6)41-42-52)48(39-32-19-15-10-4)50(56)58-47(37-30-25-21-17-13-8-2)38-31-26-22-18-14-9-3/h46-48H,7-45H2,1-6H3,(H,53,59). The number of nitrogens with one attached hydrogen (secondary N) is 1. The maximum Gasteiger partial charge on any atom is 0.323 e. The molecule has 0 aromatic heterocycles. The molecule has 2 unspecified atom stereocenters. The topological polar surface area (TPSA) is 67.9 Å². The van der Waals surface area contributed by atoms with Crippen molar-refractivity contribution in [1.82, 2.24) is 10.2 Å². The highest BCUT2D eigenvalue weighted by Gasteiger charge is 2.41. The zero-order valence-corrected chi connectivity index (χ0v) is 41.1. The van der Waals surface area contributed by atoms with Gasteiger partial charge in [0, 0.05) is 24.9 Å². The molecule has 0 aromatic rings. The number of thiocarbonyl (C=S) groups is 1. The van der Waals surface area contributed by atoms with Crippen LogP contribution >= 0.6 is 12.2 Å². The number of hydrogen-bond donors (Lipinski definition) is 1. The van der Waals surface area contributed by atoms with Gasteiger partial charge >= 0.3 is 11.9 Å². The molecule has 2 atom stereocenters. The first-order valence-electron chi connectivity index (χ1n) is 26.2. The lowest BCUT2D eigenvalue weighted by molar-refractivity contribution is -0.157. The van der Waals surface area contributed by atoms with E-state index in [1.165, 1.54) is 128 Å². The lowest BCUT2D eigenvalue weighted by Gasteiger charge is -2.32. The summed E-state index contributed by atoms with van der Waals surface area (Å²) in [4.78, 5) is 30.6. The van der Waals surface area contributed by atoms with Gasteiger partial charge < -0.3 is 14.8 Å². The summed E-state index contributed by atoms with van der Waals surface area (Å²) in [5.74, 6) is 0.00585. The fraction of sp³-hybridized carbons (Fsp3) is 0.942. The number of nitrogens with zero attached hydrogens (tertiary/aromatic N) is 1. The van der Waals surface area contributed by atoms with Crippen molar-refractivity contribution in [2.24, 2.45) is 5.41 Å². The van der Waals surface area contributed by atoms with E-state index in [9.17, 15) is 9.59 Å². The molecule has 0 aliphatic heterocycles. The van der Waals surface area contributed by atoms with Gasteiger partial charge in [-0.15, -0.1) is 0 Å². The minimum Gasteiger partial charge on any atom is -0.462 e. The van der Waals surface area contributed by atoms with Gasteiger partial charge in [-0.25, -0.2) is 0 Å². The first-order chi connectivity index (χ1) is 28.7. The molecule has 0 heterocycles. The molecular weight excluding hydrogens is 749 g/mol. The Morgan fingerprint density at radius 2 is 0.966 bits per heavy atom. The number of unbranched alkanes of at least 4 members (excludes halogenated alkanes) is 22. The van der Waals surface area contributed by atoms with E-state index in [0.29, 0.717) is 6.42 Å². The van der Waals surface area contributed by atoms with Crippen LogP contribution in [-0.2, 0) is 19.1 Å². The van der Waals surface area contributed by atoms with Crippen LogP contribution in [0, 0.1) is 5.41 Å². The molecule has 1 aliphatic rings. The monoisotopic (exact) mass is 849 g/mol. The van der Waals surface area contributed by atoms with Crippen LogP contribution in [0.15, 0.2) is 0 Å². The van der Waals surface area contributed by atoms with Gasteiger partial charge in [-0.2, -0.15) is 0 Å². The lowest BCUT2D eigenvalue weighted by atomic mass is 10.0. The highest BCUT2D eigenvalue weighted by molar-refractivity contribution is 7.80. The fourth-order valence-corrected chi connectivity index (χ4v) is 8.72. The van der Waals surface area contributed by atoms with Crippen LogP contribution < -0.4 is 5.32 Å². The molecular formula is C52H100N2O4S. The Balaban J connectivity index is 2.84. The molecule has 0 spiro atoms. The van der Waals surface area contributed by atoms with Crippen molar-refractivity contribution in [1.29, 1.82) is 0 Å². The zero-order chi connectivity index (χ0) is 43.2. The van der Waals surface area contributed by atoms with Crippen LogP contribution in [0.4, 0.5) is 0 Å². The Morgan fingerprint density at radius 3 is 1.47 bits per heavy atom. The molecule has 0 bridgehead atoms. The van der Waals surface area contributed by atoms with Crippen molar-refractivity contribution < 1.29 is 19.1 Å². The number of carbonyl (C=O) groups is 2. The van der Waals surface area contributed by atoms with Crippen molar-refractivity contribution in [2.75, 3.05) is 19.6 Å². The predicted molar refractivity (Wildman–Crippen MR) is 258 cm³/mol. The molecule has 1 saturated carbocycles. The molecule has 1 aliphatic carbocycles. The van der Waals surface area contributed by atoms with Gasteiger partial charge in [-0.1, -0.05) is 195 Å². The van der Waals surface area contributed by atoms with Crippen LogP contribution in [0.25, 0.3) is 0 Å². The molecule has 348 valence electrons. The average Bonchev–Trinajstić information content (AvgIpc) is 3.99. The van der Waals surface area contributed by atoms with Gasteiger partial charge in [0.15, 0.2) is 0 Å². The Kier molecular flexibility index (Phi) is 36.4. The largest absolute Gasteiger partial charge is 0.462 e. The van der Waals surface area contributed by atoms with Crippen molar-refractivity contribution in [2.45, 2.75) is 291 Å². The number of carbonyl (C=O) groups excluding carboxylic acids is 2. The normalized spacial score (nSPS) is 14.4. The van der Waals surface area contributed by atoms with E-state index in [1.54, 1.807) is 0 Å². The maximum absolute atomic E-state index is 14.4. The van der Waals surface area contributed by atoms with Crippen LogP contribution in [0.2, 0.25) is 0 Å². The second-order valence-electron chi connectivity index (χ2n) is 18.8. The third-order valence-electron chi connectivity index (χ3n) is 13.0. The molecule has 7 heteroatoms. The van der Waals surface area contributed by atoms with E-state index in [0.717, 1.165) is 121 Å².